The first-order valence-electron chi connectivity index (χ1n) is 9.45. The summed E-state index contributed by atoms with van der Waals surface area (Å²) in [4.78, 5) is 13.5. The number of methoxy groups -OCH3 is 1. The molecule has 1 heterocycles. The standard InChI is InChI=1S/C21H26N2O6S/c1-23-12-18(11-21(23)24)29-14-22-16-4-9-20(27-2)15(10-16)13-28-17-5-7-19(8-6-17)30(3,25)26/h4-10,18,22H,11-14H2,1-3H3. The number of amides is 1. The largest absolute Gasteiger partial charge is 0.496 e. The Hall–Kier alpha value is -2.78. The zero-order chi connectivity index (χ0) is 21.7. The highest BCUT2D eigenvalue weighted by Gasteiger charge is 2.27. The van der Waals surface area contributed by atoms with Crippen LogP contribution in [0.3, 0.4) is 0 Å². The monoisotopic (exact) mass is 434 g/mol. The summed E-state index contributed by atoms with van der Waals surface area (Å²) in [7, 11) is 0.113. The van der Waals surface area contributed by atoms with E-state index in [4.69, 9.17) is 14.2 Å². The fraction of sp³-hybridized carbons (Fsp3) is 0.381. The highest BCUT2D eigenvalue weighted by atomic mass is 32.2. The number of hydrogen-bond donors (Lipinski definition) is 1. The van der Waals surface area contributed by atoms with Gasteiger partial charge in [-0.1, -0.05) is 0 Å². The Labute approximate surface area is 176 Å². The molecule has 2 aromatic carbocycles. The normalized spacial score (nSPS) is 16.6. The number of benzene rings is 2. The summed E-state index contributed by atoms with van der Waals surface area (Å²) < 4.78 is 40.0. The molecule has 3 rings (SSSR count). The first-order valence-corrected chi connectivity index (χ1v) is 11.3. The van der Waals surface area contributed by atoms with Crippen molar-refractivity contribution in [1.29, 1.82) is 0 Å². The third-order valence-corrected chi connectivity index (χ3v) is 5.96. The summed E-state index contributed by atoms with van der Waals surface area (Å²) in [6.07, 6.45) is 1.46. The highest BCUT2D eigenvalue weighted by Crippen LogP contribution is 2.25. The van der Waals surface area contributed by atoms with Crippen molar-refractivity contribution in [3.05, 3.63) is 48.0 Å². The van der Waals surface area contributed by atoms with Crippen LogP contribution in [0.4, 0.5) is 5.69 Å². The van der Waals surface area contributed by atoms with Gasteiger partial charge >= 0.3 is 0 Å². The number of likely N-dealkylation sites (N-methyl/N-ethyl adjacent to an activating group) is 1. The smallest absolute Gasteiger partial charge is 0.225 e. The van der Waals surface area contributed by atoms with Gasteiger partial charge in [-0.05, 0) is 42.5 Å². The van der Waals surface area contributed by atoms with E-state index in [-0.39, 0.29) is 30.2 Å². The minimum Gasteiger partial charge on any atom is -0.496 e. The average molecular weight is 435 g/mol. The van der Waals surface area contributed by atoms with Gasteiger partial charge < -0.3 is 24.4 Å². The molecule has 1 aliphatic rings. The second kappa shape index (κ2) is 9.36. The van der Waals surface area contributed by atoms with Gasteiger partial charge in [0.15, 0.2) is 9.84 Å². The number of nitrogens with zero attached hydrogens (tertiary/aromatic N) is 1. The number of likely N-dealkylation sites (tertiary alicyclic amines) is 1. The van der Waals surface area contributed by atoms with Gasteiger partial charge in [0.2, 0.25) is 5.91 Å². The average Bonchev–Trinajstić information content (AvgIpc) is 3.03. The number of ether oxygens (including phenoxy) is 3. The van der Waals surface area contributed by atoms with E-state index in [2.05, 4.69) is 5.32 Å². The van der Waals surface area contributed by atoms with Crippen molar-refractivity contribution in [1.82, 2.24) is 4.90 Å². The molecule has 162 valence electrons. The Morgan fingerprint density at radius 1 is 1.17 bits per heavy atom. The second-order valence-electron chi connectivity index (χ2n) is 7.15. The molecule has 1 amide bonds. The number of carbonyl (C=O) groups excluding carboxylic acids is 1. The minimum atomic E-state index is -3.24. The maximum atomic E-state index is 11.6. The van der Waals surface area contributed by atoms with Crippen LogP contribution in [0.1, 0.15) is 12.0 Å². The molecule has 0 saturated carbocycles. The molecule has 8 nitrogen and oxygen atoms in total. The Bertz CT molecular complexity index is 991. The fourth-order valence-corrected chi connectivity index (χ4v) is 3.75. The summed E-state index contributed by atoms with van der Waals surface area (Å²) in [5, 5.41) is 3.19. The number of anilines is 1. The van der Waals surface area contributed by atoms with Crippen LogP contribution < -0.4 is 14.8 Å². The maximum Gasteiger partial charge on any atom is 0.225 e. The zero-order valence-electron chi connectivity index (χ0n) is 17.3. The first-order chi connectivity index (χ1) is 14.3. The van der Waals surface area contributed by atoms with Gasteiger partial charge in [-0.3, -0.25) is 4.79 Å². The first kappa shape index (κ1) is 21.9. The van der Waals surface area contributed by atoms with Crippen molar-refractivity contribution in [3.63, 3.8) is 0 Å². The lowest BCUT2D eigenvalue weighted by atomic mass is 10.2. The van der Waals surface area contributed by atoms with Crippen molar-refractivity contribution in [2.75, 3.05) is 39.0 Å². The lowest BCUT2D eigenvalue weighted by Gasteiger charge is -2.15. The fourth-order valence-electron chi connectivity index (χ4n) is 3.12. The molecule has 1 fully saturated rings. The molecule has 1 aliphatic heterocycles. The van der Waals surface area contributed by atoms with Crippen LogP contribution in [0.5, 0.6) is 11.5 Å². The topological polar surface area (TPSA) is 94.2 Å². The summed E-state index contributed by atoms with van der Waals surface area (Å²) in [5.41, 5.74) is 1.66. The summed E-state index contributed by atoms with van der Waals surface area (Å²) in [5.74, 6) is 1.33. The van der Waals surface area contributed by atoms with Crippen molar-refractivity contribution in [3.8, 4) is 11.5 Å². The molecule has 1 unspecified atom stereocenters. The Morgan fingerprint density at radius 2 is 1.90 bits per heavy atom. The van der Waals surface area contributed by atoms with Gasteiger partial charge in [0.1, 0.15) is 24.8 Å². The van der Waals surface area contributed by atoms with E-state index in [9.17, 15) is 13.2 Å². The SMILES string of the molecule is COc1ccc(NCOC2CC(=O)N(C)C2)cc1COc1ccc(S(C)(=O)=O)cc1. The third kappa shape index (κ3) is 5.64. The molecule has 0 aromatic heterocycles. The van der Waals surface area contributed by atoms with E-state index >= 15 is 0 Å². The maximum absolute atomic E-state index is 11.6. The second-order valence-corrected chi connectivity index (χ2v) is 9.16. The molecular formula is C21H26N2O6S. The van der Waals surface area contributed by atoms with E-state index < -0.39 is 9.84 Å². The van der Waals surface area contributed by atoms with Crippen LogP contribution in [0.2, 0.25) is 0 Å². The molecule has 1 atom stereocenters. The van der Waals surface area contributed by atoms with Crippen LogP contribution >= 0.6 is 0 Å². The molecule has 9 heteroatoms. The molecule has 30 heavy (non-hydrogen) atoms. The molecule has 0 radical (unpaired) electrons. The van der Waals surface area contributed by atoms with Gasteiger partial charge in [-0.2, -0.15) is 0 Å². The number of rotatable bonds is 9. The Balaban J connectivity index is 1.58. The number of hydrogen-bond acceptors (Lipinski definition) is 7. The van der Waals surface area contributed by atoms with Crippen LogP contribution in [0.15, 0.2) is 47.4 Å². The summed E-state index contributed by atoms with van der Waals surface area (Å²) >= 11 is 0. The predicted molar refractivity (Wildman–Crippen MR) is 112 cm³/mol. The van der Waals surface area contributed by atoms with Crippen LogP contribution in [0.25, 0.3) is 0 Å². The van der Waals surface area contributed by atoms with E-state index in [1.807, 2.05) is 18.2 Å². The number of carbonyl (C=O) groups is 1. The molecular weight excluding hydrogens is 408 g/mol. The lowest BCUT2D eigenvalue weighted by molar-refractivity contribution is -0.126. The van der Waals surface area contributed by atoms with E-state index in [1.165, 1.54) is 18.4 Å². The molecule has 0 spiro atoms. The Morgan fingerprint density at radius 3 is 2.50 bits per heavy atom. The van der Waals surface area contributed by atoms with Crippen molar-refractivity contribution < 1.29 is 27.4 Å². The number of sulfone groups is 1. The van der Waals surface area contributed by atoms with Crippen molar-refractivity contribution in [2.45, 2.75) is 24.0 Å². The van der Waals surface area contributed by atoms with Gasteiger partial charge in [-0.15, -0.1) is 0 Å². The molecule has 0 bridgehead atoms. The van der Waals surface area contributed by atoms with E-state index in [0.29, 0.717) is 24.5 Å². The van der Waals surface area contributed by atoms with E-state index in [0.717, 1.165) is 11.3 Å². The lowest BCUT2D eigenvalue weighted by Crippen LogP contribution is -2.22. The molecule has 2 aromatic rings. The van der Waals surface area contributed by atoms with Crippen LogP contribution in [0, 0.1) is 0 Å². The predicted octanol–water partition coefficient (Wildman–Crippen LogP) is 2.29. The van der Waals surface area contributed by atoms with Gasteiger partial charge in [0.05, 0.1) is 24.5 Å². The van der Waals surface area contributed by atoms with Gasteiger partial charge in [0.25, 0.3) is 0 Å². The number of nitrogens with one attached hydrogen (secondary N) is 1. The minimum absolute atomic E-state index is 0.0912. The zero-order valence-corrected chi connectivity index (χ0v) is 18.1. The van der Waals surface area contributed by atoms with Crippen molar-refractivity contribution >= 4 is 21.4 Å². The van der Waals surface area contributed by atoms with Crippen LogP contribution in [-0.4, -0.2) is 59.0 Å². The molecule has 0 aliphatic carbocycles. The quantitative estimate of drug-likeness (QED) is 0.605. The van der Waals surface area contributed by atoms with Gasteiger partial charge in [-0.25, -0.2) is 8.42 Å². The highest BCUT2D eigenvalue weighted by molar-refractivity contribution is 7.90. The Kier molecular flexibility index (Phi) is 6.84. The van der Waals surface area contributed by atoms with E-state index in [1.54, 1.807) is 31.2 Å². The summed E-state index contributed by atoms with van der Waals surface area (Å²) in [6, 6.07) is 11.9. The molecule has 1 N–H and O–H groups in total. The van der Waals surface area contributed by atoms with Gasteiger partial charge in [0, 0.05) is 31.1 Å². The van der Waals surface area contributed by atoms with Crippen molar-refractivity contribution in [2.24, 2.45) is 0 Å². The third-order valence-electron chi connectivity index (χ3n) is 4.83. The van der Waals surface area contributed by atoms with Crippen LogP contribution in [-0.2, 0) is 26.0 Å². The summed E-state index contributed by atoms with van der Waals surface area (Å²) in [6.45, 7) is 1.13. The molecule has 1 saturated heterocycles.